The third-order valence-electron chi connectivity index (χ3n) is 3.37. The molecule has 0 heterocycles. The molecule has 0 aliphatic heterocycles. The van der Waals surface area contributed by atoms with Crippen LogP contribution in [0.4, 0.5) is 17.1 Å². The third kappa shape index (κ3) is 2.96. The molecule has 1 aromatic rings. The first-order chi connectivity index (χ1) is 9.15. The normalized spacial score (nSPS) is 21.6. The van der Waals surface area contributed by atoms with E-state index in [1.165, 1.54) is 0 Å². The van der Waals surface area contributed by atoms with Crippen molar-refractivity contribution in [2.45, 2.75) is 31.9 Å². The molecule has 0 aromatic heterocycles. The largest absolute Gasteiger partial charge is 0.381 e. The van der Waals surface area contributed by atoms with Gasteiger partial charge in [-0.1, -0.05) is 6.07 Å². The van der Waals surface area contributed by atoms with Crippen molar-refractivity contribution in [3.8, 4) is 0 Å². The fourth-order valence-corrected chi connectivity index (χ4v) is 2.29. The first kappa shape index (κ1) is 13.6. The summed E-state index contributed by atoms with van der Waals surface area (Å²) in [5.74, 6) is 0. The van der Waals surface area contributed by atoms with Crippen LogP contribution in [0, 0.1) is 10.1 Å². The number of nitrogens with zero attached hydrogens (tertiary/aromatic N) is 1. The van der Waals surface area contributed by atoms with Gasteiger partial charge in [0.05, 0.1) is 11.0 Å². The minimum atomic E-state index is -0.340. The fraction of sp³-hybridized carbons (Fsp3) is 0.538. The van der Waals surface area contributed by atoms with Gasteiger partial charge in [0.25, 0.3) is 0 Å². The van der Waals surface area contributed by atoms with Gasteiger partial charge in [0.15, 0.2) is 0 Å². The Bertz CT molecular complexity index is 458. The Morgan fingerprint density at radius 2 is 2.11 bits per heavy atom. The van der Waals surface area contributed by atoms with E-state index in [-0.39, 0.29) is 22.8 Å². The van der Waals surface area contributed by atoms with E-state index in [0.717, 1.165) is 12.8 Å². The van der Waals surface area contributed by atoms with E-state index in [9.17, 15) is 10.1 Å². The number of ether oxygens (including phenoxy) is 1. The lowest BCUT2D eigenvalue weighted by Gasteiger charge is -2.35. The Hall–Kier alpha value is -1.82. The summed E-state index contributed by atoms with van der Waals surface area (Å²) in [4.78, 5) is 10.9. The van der Waals surface area contributed by atoms with Crippen LogP contribution in [-0.4, -0.2) is 30.7 Å². The van der Waals surface area contributed by atoms with Crippen LogP contribution in [0.5, 0.6) is 0 Å². The maximum absolute atomic E-state index is 11.2. The molecule has 19 heavy (non-hydrogen) atoms. The second kappa shape index (κ2) is 5.88. The molecule has 1 fully saturated rings. The number of methoxy groups -OCH3 is 1. The van der Waals surface area contributed by atoms with Crippen molar-refractivity contribution in [1.29, 1.82) is 0 Å². The maximum Gasteiger partial charge on any atom is 0.315 e. The van der Waals surface area contributed by atoms with Crippen LogP contribution in [0.3, 0.4) is 0 Å². The molecule has 0 unspecified atom stereocenters. The topological polar surface area (TPSA) is 76.4 Å². The summed E-state index contributed by atoms with van der Waals surface area (Å²) in [6, 6.07) is 5.55. The van der Waals surface area contributed by atoms with Crippen LogP contribution in [-0.2, 0) is 4.74 Å². The molecule has 0 saturated heterocycles. The number of para-hydroxylation sites is 1. The summed E-state index contributed by atoms with van der Waals surface area (Å²) in [6.45, 7) is 2.57. The standard InChI is InChI=1S/C13H19N3O3/c1-3-14-11-5-4-6-12(13(11)16(17)18)15-9-7-10(8-9)19-2/h4-6,9-10,14-15H,3,7-8H2,1-2H3. The molecule has 0 spiro atoms. The SMILES string of the molecule is CCNc1cccc(NC2CC(OC)C2)c1[N+](=O)[O-]. The predicted octanol–water partition coefficient (Wildman–Crippen LogP) is 2.62. The Labute approximate surface area is 112 Å². The van der Waals surface area contributed by atoms with Crippen LogP contribution < -0.4 is 10.6 Å². The van der Waals surface area contributed by atoms with Crippen LogP contribution in [0.1, 0.15) is 19.8 Å². The number of nitro groups is 1. The van der Waals surface area contributed by atoms with E-state index >= 15 is 0 Å². The quantitative estimate of drug-likeness (QED) is 0.610. The van der Waals surface area contributed by atoms with Gasteiger partial charge in [-0.05, 0) is 31.9 Å². The van der Waals surface area contributed by atoms with Gasteiger partial charge in [-0.3, -0.25) is 10.1 Å². The number of rotatable bonds is 6. The van der Waals surface area contributed by atoms with Gasteiger partial charge in [0, 0.05) is 19.7 Å². The molecule has 1 aliphatic rings. The molecule has 2 N–H and O–H groups in total. The fourth-order valence-electron chi connectivity index (χ4n) is 2.29. The molecule has 0 atom stereocenters. The summed E-state index contributed by atoms with van der Waals surface area (Å²) in [6.07, 6.45) is 2.05. The molecule has 1 saturated carbocycles. The third-order valence-corrected chi connectivity index (χ3v) is 3.37. The number of anilines is 2. The van der Waals surface area contributed by atoms with E-state index in [1.54, 1.807) is 19.2 Å². The van der Waals surface area contributed by atoms with E-state index in [4.69, 9.17) is 4.74 Å². The predicted molar refractivity (Wildman–Crippen MR) is 74.7 cm³/mol. The zero-order chi connectivity index (χ0) is 13.8. The lowest BCUT2D eigenvalue weighted by molar-refractivity contribution is -0.383. The second-order valence-electron chi connectivity index (χ2n) is 4.66. The van der Waals surface area contributed by atoms with Crippen molar-refractivity contribution in [3.05, 3.63) is 28.3 Å². The Balaban J connectivity index is 2.15. The van der Waals surface area contributed by atoms with Gasteiger partial charge in [0.2, 0.25) is 0 Å². The smallest absolute Gasteiger partial charge is 0.315 e. The molecule has 2 rings (SSSR count). The number of hydrogen-bond acceptors (Lipinski definition) is 5. The number of hydrogen-bond donors (Lipinski definition) is 2. The highest BCUT2D eigenvalue weighted by Gasteiger charge is 2.31. The zero-order valence-electron chi connectivity index (χ0n) is 11.2. The number of nitro benzene ring substituents is 1. The maximum atomic E-state index is 11.2. The molecule has 1 aliphatic carbocycles. The lowest BCUT2D eigenvalue weighted by Crippen LogP contribution is -2.40. The van der Waals surface area contributed by atoms with E-state index in [2.05, 4.69) is 10.6 Å². The summed E-state index contributed by atoms with van der Waals surface area (Å²) in [7, 11) is 1.69. The zero-order valence-corrected chi connectivity index (χ0v) is 11.2. The molecular weight excluding hydrogens is 246 g/mol. The van der Waals surface area contributed by atoms with Crippen molar-refractivity contribution in [1.82, 2.24) is 0 Å². The highest BCUT2D eigenvalue weighted by molar-refractivity contribution is 5.76. The molecular formula is C13H19N3O3. The van der Waals surface area contributed by atoms with Crippen LogP contribution in [0.2, 0.25) is 0 Å². The molecule has 0 amide bonds. The van der Waals surface area contributed by atoms with Crippen molar-refractivity contribution in [3.63, 3.8) is 0 Å². The molecule has 1 aromatic carbocycles. The Kier molecular flexibility index (Phi) is 4.21. The van der Waals surface area contributed by atoms with Gasteiger partial charge in [-0.25, -0.2) is 0 Å². The molecule has 0 bridgehead atoms. The summed E-state index contributed by atoms with van der Waals surface area (Å²) < 4.78 is 5.21. The van der Waals surface area contributed by atoms with Crippen molar-refractivity contribution < 1.29 is 9.66 Å². The average molecular weight is 265 g/mol. The first-order valence-corrected chi connectivity index (χ1v) is 6.46. The summed E-state index contributed by atoms with van der Waals surface area (Å²) >= 11 is 0. The molecule has 104 valence electrons. The summed E-state index contributed by atoms with van der Waals surface area (Å²) in [5.41, 5.74) is 1.24. The van der Waals surface area contributed by atoms with Crippen LogP contribution in [0.15, 0.2) is 18.2 Å². The van der Waals surface area contributed by atoms with Crippen LogP contribution >= 0.6 is 0 Å². The number of benzene rings is 1. The first-order valence-electron chi connectivity index (χ1n) is 6.46. The van der Waals surface area contributed by atoms with Crippen molar-refractivity contribution >= 4 is 17.1 Å². The van der Waals surface area contributed by atoms with Gasteiger partial charge in [-0.15, -0.1) is 0 Å². The Morgan fingerprint density at radius 1 is 1.42 bits per heavy atom. The summed E-state index contributed by atoms with van der Waals surface area (Å²) in [5, 5.41) is 17.5. The lowest BCUT2D eigenvalue weighted by atomic mass is 9.89. The van der Waals surface area contributed by atoms with Gasteiger partial charge in [0.1, 0.15) is 11.4 Å². The minimum absolute atomic E-state index is 0.116. The van der Waals surface area contributed by atoms with E-state index < -0.39 is 0 Å². The highest BCUT2D eigenvalue weighted by atomic mass is 16.6. The van der Waals surface area contributed by atoms with Crippen molar-refractivity contribution in [2.24, 2.45) is 0 Å². The minimum Gasteiger partial charge on any atom is -0.381 e. The van der Waals surface area contributed by atoms with Gasteiger partial charge in [-0.2, -0.15) is 0 Å². The molecule has 6 nitrogen and oxygen atoms in total. The number of nitrogens with one attached hydrogen (secondary N) is 2. The van der Waals surface area contributed by atoms with Gasteiger partial charge < -0.3 is 15.4 Å². The van der Waals surface area contributed by atoms with Crippen LogP contribution in [0.25, 0.3) is 0 Å². The monoisotopic (exact) mass is 265 g/mol. The molecule has 6 heteroatoms. The highest BCUT2D eigenvalue weighted by Crippen LogP contribution is 2.35. The van der Waals surface area contributed by atoms with E-state index in [0.29, 0.717) is 17.9 Å². The Morgan fingerprint density at radius 3 is 2.68 bits per heavy atom. The van der Waals surface area contributed by atoms with Crippen molar-refractivity contribution in [2.75, 3.05) is 24.3 Å². The van der Waals surface area contributed by atoms with E-state index in [1.807, 2.05) is 13.0 Å². The molecule has 0 radical (unpaired) electrons. The average Bonchev–Trinajstić information content (AvgIpc) is 2.33. The second-order valence-corrected chi connectivity index (χ2v) is 4.66. The van der Waals surface area contributed by atoms with Gasteiger partial charge >= 0.3 is 5.69 Å².